The van der Waals surface area contributed by atoms with E-state index in [0.717, 1.165) is 6.07 Å². The maximum atomic E-state index is 12.5. The second-order valence-corrected chi connectivity index (χ2v) is 3.17. The van der Waals surface area contributed by atoms with E-state index < -0.39 is 17.8 Å². The molecule has 0 spiro atoms. The number of rotatable bonds is 3. The van der Waals surface area contributed by atoms with E-state index in [9.17, 15) is 18.0 Å². The fourth-order valence-corrected chi connectivity index (χ4v) is 1.16. The molecule has 0 aliphatic heterocycles. The van der Waals surface area contributed by atoms with Gasteiger partial charge in [-0.3, -0.25) is 0 Å². The second-order valence-electron chi connectivity index (χ2n) is 3.17. The molecule has 4 nitrogen and oxygen atoms in total. The number of carbonyl (C=O) groups is 1. The molecule has 2 N–H and O–H groups in total. The van der Waals surface area contributed by atoms with Gasteiger partial charge >= 0.3 is 12.1 Å². The minimum absolute atomic E-state index is 0.0642. The fraction of sp³-hybridized carbons (Fsp3) is 0.400. The van der Waals surface area contributed by atoms with Crippen molar-refractivity contribution in [3.63, 3.8) is 0 Å². The molecular formula is C10H11F3N2O2. The predicted molar refractivity (Wildman–Crippen MR) is 53.1 cm³/mol. The van der Waals surface area contributed by atoms with Crippen LogP contribution in [-0.2, 0) is 17.5 Å². The van der Waals surface area contributed by atoms with Crippen LogP contribution in [0.5, 0.6) is 0 Å². The number of carbonyl (C=O) groups excluding carboxylic acids is 1. The van der Waals surface area contributed by atoms with Gasteiger partial charge in [0.1, 0.15) is 11.4 Å². The van der Waals surface area contributed by atoms with Crippen LogP contribution < -0.4 is 5.73 Å². The molecule has 1 heterocycles. The Morgan fingerprint density at radius 2 is 2.12 bits per heavy atom. The van der Waals surface area contributed by atoms with Crippen LogP contribution >= 0.6 is 0 Å². The first kappa shape index (κ1) is 13.4. The van der Waals surface area contributed by atoms with E-state index in [2.05, 4.69) is 9.72 Å². The number of hydrogen-bond acceptors (Lipinski definition) is 4. The second kappa shape index (κ2) is 5.13. The molecule has 94 valence electrons. The average Bonchev–Trinajstić information content (AvgIpc) is 2.27. The molecule has 0 saturated heterocycles. The van der Waals surface area contributed by atoms with Crippen molar-refractivity contribution in [3.05, 3.63) is 29.1 Å². The van der Waals surface area contributed by atoms with Crippen molar-refractivity contribution >= 4 is 5.97 Å². The number of nitrogens with two attached hydrogens (primary N) is 1. The van der Waals surface area contributed by atoms with Crippen LogP contribution in [0.15, 0.2) is 12.1 Å². The number of nitrogens with zero attached hydrogens (tertiary/aromatic N) is 1. The van der Waals surface area contributed by atoms with Gasteiger partial charge in [0.15, 0.2) is 0 Å². The lowest BCUT2D eigenvalue weighted by Gasteiger charge is -2.09. The molecule has 1 rings (SSSR count). The summed E-state index contributed by atoms with van der Waals surface area (Å²) in [6.07, 6.45) is -4.62. The van der Waals surface area contributed by atoms with Crippen molar-refractivity contribution in [1.82, 2.24) is 4.98 Å². The smallest absolute Gasteiger partial charge is 0.433 e. The summed E-state index contributed by atoms with van der Waals surface area (Å²) in [5.74, 6) is -0.895. The Balaban J connectivity index is 3.19. The highest BCUT2D eigenvalue weighted by molar-refractivity contribution is 5.87. The summed E-state index contributed by atoms with van der Waals surface area (Å²) < 4.78 is 42.0. The summed E-state index contributed by atoms with van der Waals surface area (Å²) in [5, 5.41) is 0. The van der Waals surface area contributed by atoms with Crippen molar-refractivity contribution in [3.8, 4) is 0 Å². The summed E-state index contributed by atoms with van der Waals surface area (Å²) in [4.78, 5) is 14.5. The Labute approximate surface area is 95.6 Å². The van der Waals surface area contributed by atoms with Gasteiger partial charge < -0.3 is 10.5 Å². The topological polar surface area (TPSA) is 65.2 Å². The van der Waals surface area contributed by atoms with E-state index in [1.54, 1.807) is 6.92 Å². The van der Waals surface area contributed by atoms with Gasteiger partial charge in [0.05, 0.1) is 6.61 Å². The highest BCUT2D eigenvalue weighted by Crippen LogP contribution is 2.28. The number of halogens is 3. The van der Waals surface area contributed by atoms with Crippen molar-refractivity contribution in [2.75, 3.05) is 6.61 Å². The molecule has 1 aromatic rings. The molecule has 0 aliphatic carbocycles. The first-order valence-electron chi connectivity index (χ1n) is 4.83. The van der Waals surface area contributed by atoms with Gasteiger partial charge in [0.2, 0.25) is 0 Å². The average molecular weight is 248 g/mol. The molecule has 0 amide bonds. The molecule has 7 heteroatoms. The zero-order valence-electron chi connectivity index (χ0n) is 9.04. The summed E-state index contributed by atoms with van der Waals surface area (Å²) in [5.41, 5.74) is 3.90. The summed E-state index contributed by atoms with van der Waals surface area (Å²) in [7, 11) is 0. The minimum Gasteiger partial charge on any atom is -0.461 e. The van der Waals surface area contributed by atoms with Crippen LogP contribution in [0.4, 0.5) is 13.2 Å². The Bertz CT molecular complexity index is 419. The van der Waals surface area contributed by atoms with Gasteiger partial charge in [-0.1, -0.05) is 0 Å². The number of aromatic nitrogens is 1. The Hall–Kier alpha value is -1.63. The van der Waals surface area contributed by atoms with Gasteiger partial charge in [0, 0.05) is 6.54 Å². The molecule has 0 unspecified atom stereocenters. The third kappa shape index (κ3) is 3.42. The summed E-state index contributed by atoms with van der Waals surface area (Å²) >= 11 is 0. The first-order valence-corrected chi connectivity index (χ1v) is 4.83. The van der Waals surface area contributed by atoms with Crippen molar-refractivity contribution in [2.45, 2.75) is 19.6 Å². The van der Waals surface area contributed by atoms with Gasteiger partial charge in [0.25, 0.3) is 0 Å². The maximum absolute atomic E-state index is 12.5. The molecule has 0 radical (unpaired) electrons. The Morgan fingerprint density at radius 1 is 1.47 bits per heavy atom. The van der Waals surface area contributed by atoms with Crippen molar-refractivity contribution < 1.29 is 22.7 Å². The summed E-state index contributed by atoms with van der Waals surface area (Å²) in [6.45, 7) is 1.50. The van der Waals surface area contributed by atoms with E-state index >= 15 is 0 Å². The van der Waals surface area contributed by atoms with Gasteiger partial charge in [-0.2, -0.15) is 13.2 Å². The number of esters is 1. The van der Waals surface area contributed by atoms with E-state index in [-0.39, 0.29) is 24.4 Å². The number of ether oxygens (including phenoxy) is 1. The van der Waals surface area contributed by atoms with E-state index in [4.69, 9.17) is 5.73 Å². The number of alkyl halides is 3. The zero-order valence-corrected chi connectivity index (χ0v) is 9.04. The van der Waals surface area contributed by atoms with E-state index in [1.807, 2.05) is 0 Å². The number of hydrogen-bond donors (Lipinski definition) is 1. The van der Waals surface area contributed by atoms with Crippen LogP contribution in [0.1, 0.15) is 28.7 Å². The van der Waals surface area contributed by atoms with Crippen LogP contribution in [0, 0.1) is 0 Å². The molecule has 1 aromatic heterocycles. The van der Waals surface area contributed by atoms with Gasteiger partial charge in [-0.05, 0) is 24.6 Å². The molecular weight excluding hydrogens is 237 g/mol. The van der Waals surface area contributed by atoms with Crippen LogP contribution in [-0.4, -0.2) is 17.6 Å². The van der Waals surface area contributed by atoms with Crippen LogP contribution in [0.3, 0.4) is 0 Å². The largest absolute Gasteiger partial charge is 0.461 e. The predicted octanol–water partition coefficient (Wildman–Crippen LogP) is 1.74. The van der Waals surface area contributed by atoms with Crippen molar-refractivity contribution in [2.24, 2.45) is 5.73 Å². The third-order valence-electron chi connectivity index (χ3n) is 1.90. The van der Waals surface area contributed by atoms with E-state index in [1.165, 1.54) is 6.07 Å². The molecule has 0 aliphatic rings. The molecule has 0 bridgehead atoms. The summed E-state index contributed by atoms with van der Waals surface area (Å²) in [6, 6.07) is 2.00. The monoisotopic (exact) mass is 248 g/mol. The Morgan fingerprint density at radius 3 is 2.59 bits per heavy atom. The van der Waals surface area contributed by atoms with E-state index in [0.29, 0.717) is 0 Å². The lowest BCUT2D eigenvalue weighted by atomic mass is 10.2. The van der Waals surface area contributed by atoms with Crippen molar-refractivity contribution in [1.29, 1.82) is 0 Å². The molecule has 0 aromatic carbocycles. The highest BCUT2D eigenvalue weighted by atomic mass is 19.4. The first-order chi connectivity index (χ1) is 7.88. The minimum atomic E-state index is -4.62. The third-order valence-corrected chi connectivity index (χ3v) is 1.90. The quantitative estimate of drug-likeness (QED) is 0.827. The normalized spacial score (nSPS) is 11.4. The molecule has 17 heavy (non-hydrogen) atoms. The zero-order chi connectivity index (χ0) is 13.1. The lowest BCUT2D eigenvalue weighted by Crippen LogP contribution is -2.15. The molecule has 0 saturated carbocycles. The molecule has 0 fully saturated rings. The Kier molecular flexibility index (Phi) is 4.06. The SMILES string of the molecule is CCOC(=O)c1cc(CN)cc(C(F)(F)F)n1. The highest BCUT2D eigenvalue weighted by Gasteiger charge is 2.33. The van der Waals surface area contributed by atoms with Gasteiger partial charge in [-0.15, -0.1) is 0 Å². The lowest BCUT2D eigenvalue weighted by molar-refractivity contribution is -0.141. The van der Waals surface area contributed by atoms with Crippen LogP contribution in [0.2, 0.25) is 0 Å². The number of pyridine rings is 1. The molecule has 0 atom stereocenters. The standard InChI is InChI=1S/C10H11F3N2O2/c1-2-17-9(16)7-3-6(5-14)4-8(15-7)10(11,12)13/h3-4H,2,5,14H2,1H3. The fourth-order valence-electron chi connectivity index (χ4n) is 1.16. The maximum Gasteiger partial charge on any atom is 0.433 e. The van der Waals surface area contributed by atoms with Gasteiger partial charge in [-0.25, -0.2) is 9.78 Å². The van der Waals surface area contributed by atoms with Crippen LogP contribution in [0.25, 0.3) is 0 Å².